The zero-order valence-electron chi connectivity index (χ0n) is 13.6. The minimum atomic E-state index is -0.713. The lowest BCUT2D eigenvalue weighted by Gasteiger charge is -2.26. The molecule has 1 aromatic heterocycles. The minimum absolute atomic E-state index is 0.0458. The lowest BCUT2D eigenvalue weighted by Crippen LogP contribution is -2.35. The molecule has 1 aromatic carbocycles. The van der Waals surface area contributed by atoms with Crippen molar-refractivity contribution in [2.45, 2.75) is 32.2 Å². The number of nitro groups is 1. The molecule has 1 amide bonds. The highest BCUT2D eigenvalue weighted by molar-refractivity contribution is 7.71. The summed E-state index contributed by atoms with van der Waals surface area (Å²) in [6.45, 7) is 3.64. The Kier molecular flexibility index (Phi) is 4.25. The molecule has 0 radical (unpaired) electrons. The number of anilines is 1. The van der Waals surface area contributed by atoms with Crippen LogP contribution in [0.5, 0.6) is 0 Å². The van der Waals surface area contributed by atoms with E-state index in [9.17, 15) is 19.7 Å². The number of rotatable bonds is 3. The summed E-state index contributed by atoms with van der Waals surface area (Å²) < 4.78 is 1.61. The number of fused-ring (bicyclic) bond motifs is 1. The van der Waals surface area contributed by atoms with Gasteiger partial charge in [0.25, 0.3) is 11.2 Å². The van der Waals surface area contributed by atoms with Gasteiger partial charge in [-0.15, -0.1) is 0 Å². The first-order valence-corrected chi connectivity index (χ1v) is 8.14. The zero-order chi connectivity index (χ0) is 18.3. The number of hydrogen-bond donors (Lipinski definition) is 2. The topological polar surface area (TPSA) is 110 Å². The molecule has 25 heavy (non-hydrogen) atoms. The van der Waals surface area contributed by atoms with Gasteiger partial charge in [-0.2, -0.15) is 0 Å². The quantitative estimate of drug-likeness (QED) is 0.497. The Morgan fingerprint density at radius 1 is 1.32 bits per heavy atom. The van der Waals surface area contributed by atoms with Crippen LogP contribution < -0.4 is 10.9 Å². The van der Waals surface area contributed by atoms with E-state index in [0.29, 0.717) is 5.56 Å². The second kappa shape index (κ2) is 6.25. The summed E-state index contributed by atoms with van der Waals surface area (Å²) in [5.74, 6) is -0.830. The van der Waals surface area contributed by atoms with Crippen molar-refractivity contribution in [3.05, 3.63) is 60.6 Å². The number of H-pyrrole nitrogens is 1. The predicted molar refractivity (Wildman–Crippen MR) is 94.5 cm³/mol. The molecule has 0 saturated heterocycles. The fourth-order valence-corrected chi connectivity index (χ4v) is 3.54. The Hall–Kier alpha value is -2.81. The molecule has 9 heteroatoms. The van der Waals surface area contributed by atoms with Crippen LogP contribution in [0.2, 0.25) is 0 Å². The van der Waals surface area contributed by atoms with Crippen molar-refractivity contribution in [3.8, 4) is 0 Å². The third kappa shape index (κ3) is 2.86. The van der Waals surface area contributed by atoms with Crippen molar-refractivity contribution in [3.63, 3.8) is 0 Å². The molecule has 1 unspecified atom stereocenters. The summed E-state index contributed by atoms with van der Waals surface area (Å²) in [6.07, 6.45) is -0.0458. The highest BCUT2D eigenvalue weighted by Gasteiger charge is 2.34. The molecular formula is C16H16N4O4S. The van der Waals surface area contributed by atoms with Crippen molar-refractivity contribution in [2.75, 3.05) is 5.32 Å². The largest absolute Gasteiger partial charge is 0.318 e. The van der Waals surface area contributed by atoms with Gasteiger partial charge in [0.1, 0.15) is 5.82 Å². The first-order chi connectivity index (χ1) is 11.8. The molecule has 130 valence electrons. The van der Waals surface area contributed by atoms with Gasteiger partial charge in [0, 0.05) is 30.0 Å². The van der Waals surface area contributed by atoms with E-state index in [1.54, 1.807) is 18.2 Å². The van der Waals surface area contributed by atoms with Crippen LogP contribution in [0.25, 0.3) is 0 Å². The molecule has 2 N–H and O–H groups in total. The van der Waals surface area contributed by atoms with E-state index in [2.05, 4.69) is 10.3 Å². The normalized spacial score (nSPS) is 16.4. The molecule has 0 aliphatic carbocycles. The maximum absolute atomic E-state index is 13.0. The predicted octanol–water partition coefficient (Wildman–Crippen LogP) is 2.87. The van der Waals surface area contributed by atoms with Gasteiger partial charge in [0.15, 0.2) is 4.77 Å². The monoisotopic (exact) mass is 360 g/mol. The Morgan fingerprint density at radius 2 is 2.00 bits per heavy atom. The molecular weight excluding hydrogens is 344 g/mol. The van der Waals surface area contributed by atoms with Gasteiger partial charge in [-0.3, -0.25) is 24.3 Å². The van der Waals surface area contributed by atoms with Gasteiger partial charge in [0.05, 0.1) is 10.5 Å². The minimum Gasteiger partial charge on any atom is -0.318 e. The maximum Gasteiger partial charge on any atom is 0.273 e. The van der Waals surface area contributed by atoms with E-state index in [1.165, 1.54) is 10.6 Å². The van der Waals surface area contributed by atoms with Crippen molar-refractivity contribution < 1.29 is 9.72 Å². The number of para-hydroxylation sites is 1. The molecule has 2 aromatic rings. The van der Waals surface area contributed by atoms with E-state index in [-0.39, 0.29) is 45.8 Å². The fraction of sp³-hybridized carbons (Fsp3) is 0.312. The smallest absolute Gasteiger partial charge is 0.273 e. The summed E-state index contributed by atoms with van der Waals surface area (Å²) in [4.78, 5) is 38.8. The van der Waals surface area contributed by atoms with Crippen LogP contribution in [0.4, 0.5) is 11.5 Å². The first-order valence-electron chi connectivity index (χ1n) is 7.73. The molecule has 0 spiro atoms. The number of nitrogens with zero attached hydrogens (tertiary/aromatic N) is 2. The van der Waals surface area contributed by atoms with Crippen molar-refractivity contribution in [2.24, 2.45) is 0 Å². The second-order valence-electron chi connectivity index (χ2n) is 6.11. The highest BCUT2D eigenvalue weighted by atomic mass is 32.1. The van der Waals surface area contributed by atoms with Crippen LogP contribution in [0.3, 0.4) is 0 Å². The van der Waals surface area contributed by atoms with E-state index in [4.69, 9.17) is 12.2 Å². The Bertz CT molecular complexity index is 992. The van der Waals surface area contributed by atoms with Gasteiger partial charge in [0.2, 0.25) is 5.91 Å². The molecule has 1 aliphatic heterocycles. The van der Waals surface area contributed by atoms with Gasteiger partial charge in [-0.25, -0.2) is 0 Å². The maximum atomic E-state index is 13.0. The number of aromatic amines is 1. The molecule has 2 heterocycles. The molecule has 0 bridgehead atoms. The number of carbonyl (C=O) groups is 1. The van der Waals surface area contributed by atoms with E-state index >= 15 is 0 Å². The number of aromatic nitrogens is 2. The van der Waals surface area contributed by atoms with Crippen LogP contribution in [0.1, 0.15) is 43.4 Å². The van der Waals surface area contributed by atoms with Crippen LogP contribution >= 0.6 is 12.2 Å². The van der Waals surface area contributed by atoms with Crippen LogP contribution in [-0.2, 0) is 4.79 Å². The summed E-state index contributed by atoms with van der Waals surface area (Å²) in [6, 6.07) is 5.96. The average Bonchev–Trinajstić information content (AvgIpc) is 2.53. The fourth-order valence-electron chi connectivity index (χ4n) is 3.15. The average molecular weight is 360 g/mol. The van der Waals surface area contributed by atoms with Crippen LogP contribution in [-0.4, -0.2) is 20.4 Å². The lowest BCUT2D eigenvalue weighted by atomic mass is 9.86. The van der Waals surface area contributed by atoms with Crippen molar-refractivity contribution >= 4 is 29.6 Å². The first kappa shape index (κ1) is 17.0. The number of nitro benzene ring substituents is 1. The summed E-state index contributed by atoms with van der Waals surface area (Å²) >= 11 is 5.21. The third-order valence-corrected chi connectivity index (χ3v) is 4.50. The number of carbonyl (C=O) groups excluding carboxylic acids is 1. The number of nitrogens with one attached hydrogen (secondary N) is 2. The van der Waals surface area contributed by atoms with E-state index in [0.717, 1.165) is 0 Å². The van der Waals surface area contributed by atoms with Gasteiger partial charge in [-0.1, -0.05) is 18.2 Å². The van der Waals surface area contributed by atoms with Gasteiger partial charge >= 0.3 is 0 Å². The van der Waals surface area contributed by atoms with Gasteiger partial charge < -0.3 is 10.3 Å². The van der Waals surface area contributed by atoms with Crippen molar-refractivity contribution in [1.82, 2.24) is 9.55 Å². The summed E-state index contributed by atoms with van der Waals surface area (Å²) in [5.41, 5.74) is 0.153. The van der Waals surface area contributed by atoms with Crippen LogP contribution in [0.15, 0.2) is 29.1 Å². The SMILES string of the molecule is CC(C)n1c(=S)[nH]c2c(c1=O)C(c1ccccc1[N+](=O)[O-])CC(=O)N2. The molecule has 1 atom stereocenters. The molecule has 1 aliphatic rings. The van der Waals surface area contributed by atoms with Gasteiger partial charge in [-0.05, 0) is 26.1 Å². The lowest BCUT2D eigenvalue weighted by molar-refractivity contribution is -0.385. The van der Waals surface area contributed by atoms with E-state index in [1.807, 2.05) is 13.8 Å². The number of amides is 1. The molecule has 0 fully saturated rings. The number of hydrogen-bond acceptors (Lipinski definition) is 5. The van der Waals surface area contributed by atoms with E-state index < -0.39 is 10.8 Å². The highest BCUT2D eigenvalue weighted by Crippen LogP contribution is 2.38. The zero-order valence-corrected chi connectivity index (χ0v) is 14.4. The summed E-state index contributed by atoms with van der Waals surface area (Å²) in [5, 5.41) is 14.0. The Labute approximate surface area is 147 Å². The van der Waals surface area contributed by atoms with Crippen LogP contribution in [0, 0.1) is 14.9 Å². The standard InChI is InChI=1S/C16H16N4O4S/c1-8(2)19-15(22)13-10(7-12(21)17-14(13)18-16(19)25)9-5-3-4-6-11(9)20(23)24/h3-6,8,10H,7H2,1-2H3,(H,17,21)(H,18,25). The number of benzene rings is 1. The second-order valence-corrected chi connectivity index (χ2v) is 6.50. The molecule has 8 nitrogen and oxygen atoms in total. The summed E-state index contributed by atoms with van der Waals surface area (Å²) in [7, 11) is 0. The third-order valence-electron chi connectivity index (χ3n) is 4.20. The Balaban J connectivity index is 2.32. The molecule has 0 saturated carbocycles. The molecule has 3 rings (SSSR count). The Morgan fingerprint density at radius 3 is 2.64 bits per heavy atom. The van der Waals surface area contributed by atoms with Crippen molar-refractivity contribution in [1.29, 1.82) is 0 Å².